The summed E-state index contributed by atoms with van der Waals surface area (Å²) in [6, 6.07) is 6.74. The standard InChI is InChI=1S/C13H18N2O2.ClH/c1-3-12(16)10-4-6-11(7-5-10)13(17)15-9-8-14-2;/h4-7,14H,3,8-9H2,1-2H3,(H,15,17);1H. The monoisotopic (exact) mass is 270 g/mol. The SMILES string of the molecule is CCC(=O)c1ccc(C(=O)NCCNC)cc1.Cl. The van der Waals surface area contributed by atoms with Gasteiger partial charge < -0.3 is 10.6 Å². The largest absolute Gasteiger partial charge is 0.351 e. The number of hydrogen-bond donors (Lipinski definition) is 2. The lowest BCUT2D eigenvalue weighted by atomic mass is 10.1. The molecule has 5 heteroatoms. The van der Waals surface area contributed by atoms with Gasteiger partial charge in [0, 0.05) is 30.6 Å². The Hall–Kier alpha value is -1.39. The third kappa shape index (κ3) is 4.85. The number of hydrogen-bond acceptors (Lipinski definition) is 3. The molecule has 0 bridgehead atoms. The molecule has 0 unspecified atom stereocenters. The van der Waals surface area contributed by atoms with E-state index in [9.17, 15) is 9.59 Å². The Morgan fingerprint density at radius 2 is 1.61 bits per heavy atom. The summed E-state index contributed by atoms with van der Waals surface area (Å²) in [5.41, 5.74) is 1.23. The van der Waals surface area contributed by atoms with Gasteiger partial charge in [-0.15, -0.1) is 12.4 Å². The molecule has 1 amide bonds. The van der Waals surface area contributed by atoms with Gasteiger partial charge in [-0.2, -0.15) is 0 Å². The predicted octanol–water partition coefficient (Wildman–Crippen LogP) is 1.65. The number of amides is 1. The molecule has 0 fully saturated rings. The molecular formula is C13H19ClN2O2. The van der Waals surface area contributed by atoms with Crippen molar-refractivity contribution in [3.63, 3.8) is 0 Å². The van der Waals surface area contributed by atoms with E-state index in [0.717, 1.165) is 6.54 Å². The van der Waals surface area contributed by atoms with Gasteiger partial charge in [0.15, 0.2) is 5.78 Å². The zero-order valence-corrected chi connectivity index (χ0v) is 11.5. The van der Waals surface area contributed by atoms with Crippen LogP contribution in [0.2, 0.25) is 0 Å². The minimum atomic E-state index is -0.115. The molecule has 0 heterocycles. The number of rotatable bonds is 6. The fourth-order valence-corrected chi connectivity index (χ4v) is 1.41. The molecule has 0 saturated heterocycles. The van der Waals surface area contributed by atoms with Crippen LogP contribution in [-0.4, -0.2) is 31.8 Å². The summed E-state index contributed by atoms with van der Waals surface area (Å²) >= 11 is 0. The molecule has 0 aliphatic carbocycles. The molecule has 0 aliphatic rings. The minimum Gasteiger partial charge on any atom is -0.351 e. The molecule has 0 aliphatic heterocycles. The van der Waals surface area contributed by atoms with Crippen LogP contribution in [-0.2, 0) is 0 Å². The second kappa shape index (κ2) is 8.66. The van der Waals surface area contributed by atoms with Gasteiger partial charge in [-0.3, -0.25) is 9.59 Å². The number of Topliss-reactive ketones (excluding diaryl/α,β-unsaturated/α-hetero) is 1. The lowest BCUT2D eigenvalue weighted by molar-refractivity contribution is 0.0950. The number of halogens is 1. The highest BCUT2D eigenvalue weighted by molar-refractivity contribution is 5.98. The van der Waals surface area contributed by atoms with Crippen molar-refractivity contribution < 1.29 is 9.59 Å². The van der Waals surface area contributed by atoms with Gasteiger partial charge in [0.05, 0.1) is 0 Å². The Balaban J connectivity index is 0.00000289. The summed E-state index contributed by atoms with van der Waals surface area (Å²) in [6.45, 7) is 3.14. The van der Waals surface area contributed by atoms with Crippen LogP contribution >= 0.6 is 12.4 Å². The van der Waals surface area contributed by atoms with Crippen molar-refractivity contribution in [2.45, 2.75) is 13.3 Å². The summed E-state index contributed by atoms with van der Waals surface area (Å²) in [6.07, 6.45) is 0.480. The van der Waals surface area contributed by atoms with Crippen LogP contribution in [0.3, 0.4) is 0 Å². The van der Waals surface area contributed by atoms with Gasteiger partial charge >= 0.3 is 0 Å². The van der Waals surface area contributed by atoms with E-state index in [4.69, 9.17) is 0 Å². The van der Waals surface area contributed by atoms with E-state index < -0.39 is 0 Å². The fourth-order valence-electron chi connectivity index (χ4n) is 1.41. The first-order valence-corrected chi connectivity index (χ1v) is 5.75. The van der Waals surface area contributed by atoms with Crippen molar-refractivity contribution in [2.24, 2.45) is 0 Å². The molecular weight excluding hydrogens is 252 g/mol. The zero-order chi connectivity index (χ0) is 12.7. The van der Waals surface area contributed by atoms with Crippen LogP contribution in [0.4, 0.5) is 0 Å². The average Bonchev–Trinajstić information content (AvgIpc) is 2.38. The number of carbonyl (C=O) groups is 2. The Kier molecular flexibility index (Phi) is 8.00. The highest BCUT2D eigenvalue weighted by Gasteiger charge is 2.06. The van der Waals surface area contributed by atoms with Crippen LogP contribution in [0.1, 0.15) is 34.1 Å². The van der Waals surface area contributed by atoms with E-state index in [2.05, 4.69) is 10.6 Å². The van der Waals surface area contributed by atoms with Gasteiger partial charge in [-0.25, -0.2) is 0 Å². The Bertz CT molecular complexity index is 390. The molecule has 2 N–H and O–H groups in total. The molecule has 0 aromatic heterocycles. The third-order valence-electron chi connectivity index (χ3n) is 2.45. The first kappa shape index (κ1) is 16.6. The lowest BCUT2D eigenvalue weighted by Gasteiger charge is -2.05. The number of benzene rings is 1. The average molecular weight is 271 g/mol. The van der Waals surface area contributed by atoms with E-state index in [1.54, 1.807) is 24.3 Å². The van der Waals surface area contributed by atoms with E-state index in [0.29, 0.717) is 24.1 Å². The maximum Gasteiger partial charge on any atom is 0.251 e. The van der Waals surface area contributed by atoms with Crippen molar-refractivity contribution in [3.8, 4) is 0 Å². The molecule has 100 valence electrons. The second-order valence-corrected chi connectivity index (χ2v) is 3.71. The molecule has 0 spiro atoms. The molecule has 1 aromatic carbocycles. The van der Waals surface area contributed by atoms with Gasteiger partial charge in [-0.1, -0.05) is 19.1 Å². The molecule has 0 radical (unpaired) electrons. The maximum atomic E-state index is 11.6. The number of carbonyl (C=O) groups excluding carboxylic acids is 2. The third-order valence-corrected chi connectivity index (χ3v) is 2.45. The Morgan fingerprint density at radius 3 is 2.11 bits per heavy atom. The molecule has 1 aromatic rings. The maximum absolute atomic E-state index is 11.6. The fraction of sp³-hybridized carbons (Fsp3) is 0.385. The topological polar surface area (TPSA) is 58.2 Å². The highest BCUT2D eigenvalue weighted by Crippen LogP contribution is 2.06. The quantitative estimate of drug-likeness (QED) is 0.610. The van der Waals surface area contributed by atoms with Crippen molar-refractivity contribution in [1.29, 1.82) is 0 Å². The molecule has 18 heavy (non-hydrogen) atoms. The smallest absolute Gasteiger partial charge is 0.251 e. The van der Waals surface area contributed by atoms with Crippen molar-refractivity contribution in [1.82, 2.24) is 10.6 Å². The Labute approximate surface area is 114 Å². The molecule has 0 saturated carbocycles. The van der Waals surface area contributed by atoms with E-state index in [-0.39, 0.29) is 24.1 Å². The lowest BCUT2D eigenvalue weighted by Crippen LogP contribution is -2.30. The van der Waals surface area contributed by atoms with Crippen LogP contribution in [0.5, 0.6) is 0 Å². The Morgan fingerprint density at radius 1 is 1.06 bits per heavy atom. The van der Waals surface area contributed by atoms with Gasteiger partial charge in [0.25, 0.3) is 5.91 Å². The number of likely N-dealkylation sites (N-methyl/N-ethyl adjacent to an activating group) is 1. The summed E-state index contributed by atoms with van der Waals surface area (Å²) in [4.78, 5) is 23.0. The minimum absolute atomic E-state index is 0. The van der Waals surface area contributed by atoms with Crippen LogP contribution < -0.4 is 10.6 Å². The zero-order valence-electron chi connectivity index (χ0n) is 10.7. The highest BCUT2D eigenvalue weighted by atomic mass is 35.5. The van der Waals surface area contributed by atoms with Crippen LogP contribution in [0, 0.1) is 0 Å². The summed E-state index contributed by atoms with van der Waals surface area (Å²) in [5.74, 6) is -0.0251. The van der Waals surface area contributed by atoms with Crippen molar-refractivity contribution >= 4 is 24.1 Å². The normalized spacial score (nSPS) is 9.44. The summed E-state index contributed by atoms with van der Waals surface area (Å²) in [7, 11) is 1.83. The van der Waals surface area contributed by atoms with Crippen LogP contribution in [0.15, 0.2) is 24.3 Å². The van der Waals surface area contributed by atoms with Crippen LogP contribution in [0.25, 0.3) is 0 Å². The first-order valence-electron chi connectivity index (χ1n) is 5.75. The van der Waals surface area contributed by atoms with E-state index in [1.165, 1.54) is 0 Å². The number of ketones is 1. The number of nitrogens with one attached hydrogen (secondary N) is 2. The predicted molar refractivity (Wildman–Crippen MR) is 74.6 cm³/mol. The molecule has 1 rings (SSSR count). The van der Waals surface area contributed by atoms with Crippen molar-refractivity contribution in [3.05, 3.63) is 35.4 Å². The van der Waals surface area contributed by atoms with Gasteiger partial charge in [0.2, 0.25) is 0 Å². The molecule has 4 nitrogen and oxygen atoms in total. The van der Waals surface area contributed by atoms with Gasteiger partial charge in [0.1, 0.15) is 0 Å². The van der Waals surface area contributed by atoms with E-state index >= 15 is 0 Å². The van der Waals surface area contributed by atoms with E-state index in [1.807, 2.05) is 14.0 Å². The van der Waals surface area contributed by atoms with Crippen molar-refractivity contribution in [2.75, 3.05) is 20.1 Å². The molecule has 0 atom stereocenters. The van der Waals surface area contributed by atoms with Gasteiger partial charge in [-0.05, 0) is 19.2 Å². The second-order valence-electron chi connectivity index (χ2n) is 3.71. The first-order chi connectivity index (χ1) is 8.19. The summed E-state index contributed by atoms with van der Waals surface area (Å²) < 4.78 is 0. The summed E-state index contributed by atoms with van der Waals surface area (Å²) in [5, 5.41) is 5.72.